The third-order valence-electron chi connectivity index (χ3n) is 5.66. The number of amides is 1. The molecule has 0 aliphatic carbocycles. The van der Waals surface area contributed by atoms with Gasteiger partial charge >= 0.3 is 0 Å². The van der Waals surface area contributed by atoms with Crippen molar-refractivity contribution in [1.82, 2.24) is 24.3 Å². The third-order valence-corrected chi connectivity index (χ3v) is 5.66. The molecule has 5 aromatic rings. The SMILES string of the molecule is Cc1ccc2nc(COc3cccc(C(=O)NC(c4ccccc4)c4nccn4C)c3)cn2c1. The molecule has 0 fully saturated rings. The monoisotopic (exact) mass is 451 g/mol. The van der Waals surface area contributed by atoms with E-state index >= 15 is 0 Å². The van der Waals surface area contributed by atoms with E-state index in [0.29, 0.717) is 17.9 Å². The lowest BCUT2D eigenvalue weighted by atomic mass is 10.1. The van der Waals surface area contributed by atoms with Gasteiger partial charge in [0.1, 0.15) is 29.9 Å². The van der Waals surface area contributed by atoms with Crippen LogP contribution in [0.1, 0.15) is 39.0 Å². The second-order valence-corrected chi connectivity index (χ2v) is 8.23. The molecule has 0 aliphatic rings. The number of hydrogen-bond acceptors (Lipinski definition) is 4. The molecule has 5 rings (SSSR count). The van der Waals surface area contributed by atoms with Gasteiger partial charge in [0, 0.05) is 37.4 Å². The number of aryl methyl sites for hydroxylation is 2. The van der Waals surface area contributed by atoms with Crippen molar-refractivity contribution >= 4 is 11.6 Å². The van der Waals surface area contributed by atoms with Crippen molar-refractivity contribution in [2.45, 2.75) is 19.6 Å². The largest absolute Gasteiger partial charge is 0.487 e. The molecule has 0 saturated heterocycles. The Kier molecular flexibility index (Phi) is 5.82. The highest BCUT2D eigenvalue weighted by Gasteiger charge is 2.21. The average molecular weight is 452 g/mol. The molecule has 1 N–H and O–H groups in total. The molecule has 1 amide bonds. The van der Waals surface area contributed by atoms with E-state index in [1.165, 1.54) is 0 Å². The Hall–Kier alpha value is -4.39. The summed E-state index contributed by atoms with van der Waals surface area (Å²) in [5.74, 6) is 1.16. The van der Waals surface area contributed by atoms with Gasteiger partial charge in [-0.25, -0.2) is 9.97 Å². The predicted molar refractivity (Wildman–Crippen MR) is 130 cm³/mol. The molecule has 1 unspecified atom stereocenters. The summed E-state index contributed by atoms with van der Waals surface area (Å²) in [5, 5.41) is 3.12. The van der Waals surface area contributed by atoms with Crippen LogP contribution in [0.4, 0.5) is 0 Å². The first-order chi connectivity index (χ1) is 16.6. The highest BCUT2D eigenvalue weighted by atomic mass is 16.5. The summed E-state index contributed by atoms with van der Waals surface area (Å²) in [7, 11) is 1.92. The topological polar surface area (TPSA) is 73.4 Å². The summed E-state index contributed by atoms with van der Waals surface area (Å²) < 4.78 is 9.85. The van der Waals surface area contributed by atoms with Crippen LogP contribution in [-0.2, 0) is 13.7 Å². The van der Waals surface area contributed by atoms with Crippen molar-refractivity contribution in [2.75, 3.05) is 0 Å². The quantitative estimate of drug-likeness (QED) is 0.396. The van der Waals surface area contributed by atoms with E-state index in [-0.39, 0.29) is 11.9 Å². The minimum Gasteiger partial charge on any atom is -0.487 e. The first-order valence-electron chi connectivity index (χ1n) is 11.1. The number of benzene rings is 2. The second-order valence-electron chi connectivity index (χ2n) is 8.23. The van der Waals surface area contributed by atoms with E-state index in [0.717, 1.165) is 28.3 Å². The maximum absolute atomic E-state index is 13.2. The van der Waals surface area contributed by atoms with Crippen molar-refractivity contribution in [2.24, 2.45) is 7.05 Å². The van der Waals surface area contributed by atoms with Crippen LogP contribution < -0.4 is 10.1 Å². The van der Waals surface area contributed by atoms with E-state index < -0.39 is 0 Å². The Morgan fingerprint density at radius 3 is 2.71 bits per heavy atom. The lowest BCUT2D eigenvalue weighted by molar-refractivity contribution is 0.0940. The highest BCUT2D eigenvalue weighted by molar-refractivity contribution is 5.95. The van der Waals surface area contributed by atoms with Crippen LogP contribution in [0.5, 0.6) is 5.75 Å². The fourth-order valence-corrected chi connectivity index (χ4v) is 3.92. The fraction of sp³-hybridized carbons (Fsp3) is 0.148. The molecule has 0 bridgehead atoms. The molecule has 2 aromatic carbocycles. The van der Waals surface area contributed by atoms with Gasteiger partial charge in [-0.3, -0.25) is 4.79 Å². The van der Waals surface area contributed by atoms with Gasteiger partial charge in [0.25, 0.3) is 5.91 Å². The summed E-state index contributed by atoms with van der Waals surface area (Å²) in [6.07, 6.45) is 7.58. The molecule has 7 nitrogen and oxygen atoms in total. The Bertz CT molecular complexity index is 1440. The van der Waals surface area contributed by atoms with Crippen LogP contribution in [0.15, 0.2) is 91.5 Å². The van der Waals surface area contributed by atoms with Gasteiger partial charge in [-0.15, -0.1) is 0 Å². The number of nitrogens with zero attached hydrogens (tertiary/aromatic N) is 4. The Morgan fingerprint density at radius 2 is 1.91 bits per heavy atom. The molecule has 3 aromatic heterocycles. The maximum Gasteiger partial charge on any atom is 0.252 e. The van der Waals surface area contributed by atoms with Crippen molar-refractivity contribution in [3.8, 4) is 5.75 Å². The van der Waals surface area contributed by atoms with E-state index in [1.54, 1.807) is 18.3 Å². The smallest absolute Gasteiger partial charge is 0.252 e. The van der Waals surface area contributed by atoms with E-state index in [9.17, 15) is 4.79 Å². The van der Waals surface area contributed by atoms with Crippen molar-refractivity contribution in [3.63, 3.8) is 0 Å². The van der Waals surface area contributed by atoms with Gasteiger partial charge in [0.05, 0.1) is 5.69 Å². The lowest BCUT2D eigenvalue weighted by Gasteiger charge is -2.19. The Balaban J connectivity index is 1.32. The average Bonchev–Trinajstić information content (AvgIpc) is 3.47. The Morgan fingerprint density at radius 1 is 1.06 bits per heavy atom. The normalized spacial score (nSPS) is 11.9. The summed E-state index contributed by atoms with van der Waals surface area (Å²) in [5.41, 5.74) is 4.33. The number of nitrogens with one attached hydrogen (secondary N) is 1. The van der Waals surface area contributed by atoms with Crippen LogP contribution in [0.2, 0.25) is 0 Å². The highest BCUT2D eigenvalue weighted by Crippen LogP contribution is 2.22. The first kappa shape index (κ1) is 21.5. The summed E-state index contributed by atoms with van der Waals surface area (Å²) in [4.78, 5) is 22.2. The number of hydrogen-bond donors (Lipinski definition) is 1. The minimum absolute atomic E-state index is 0.203. The molecule has 34 heavy (non-hydrogen) atoms. The molecule has 0 radical (unpaired) electrons. The number of imidazole rings is 2. The number of carbonyl (C=O) groups excluding carboxylic acids is 1. The molecular formula is C27H25N5O2. The standard InChI is InChI=1S/C27H25N5O2/c1-19-11-12-24-29-22(17-32(24)16-19)18-34-23-10-6-9-21(15-23)27(33)30-25(20-7-4-3-5-8-20)26-28-13-14-31(26)2/h3-17,25H,18H2,1-2H3,(H,30,33). The molecular weight excluding hydrogens is 426 g/mol. The number of ether oxygens (including phenoxy) is 1. The lowest BCUT2D eigenvalue weighted by Crippen LogP contribution is -2.31. The maximum atomic E-state index is 13.2. The number of rotatable bonds is 7. The van der Waals surface area contributed by atoms with Crippen molar-refractivity contribution in [3.05, 3.63) is 120 Å². The van der Waals surface area contributed by atoms with E-state index in [4.69, 9.17) is 4.74 Å². The summed E-state index contributed by atoms with van der Waals surface area (Å²) in [6.45, 7) is 2.36. The van der Waals surface area contributed by atoms with Crippen LogP contribution in [0.25, 0.3) is 5.65 Å². The van der Waals surface area contributed by atoms with Crippen LogP contribution in [0, 0.1) is 6.92 Å². The fourth-order valence-electron chi connectivity index (χ4n) is 3.92. The van der Waals surface area contributed by atoms with E-state index in [2.05, 4.69) is 15.3 Å². The van der Waals surface area contributed by atoms with Gasteiger partial charge < -0.3 is 19.0 Å². The van der Waals surface area contributed by atoms with Gasteiger partial charge in [-0.1, -0.05) is 42.5 Å². The predicted octanol–water partition coefficient (Wildman–Crippen LogP) is 4.47. The molecule has 0 spiro atoms. The second kappa shape index (κ2) is 9.23. The van der Waals surface area contributed by atoms with Crippen LogP contribution in [0.3, 0.4) is 0 Å². The molecule has 0 saturated carbocycles. The van der Waals surface area contributed by atoms with Gasteiger partial charge in [0.15, 0.2) is 0 Å². The molecule has 1 atom stereocenters. The van der Waals surface area contributed by atoms with Gasteiger partial charge in [0.2, 0.25) is 0 Å². The number of pyridine rings is 1. The number of aromatic nitrogens is 4. The third kappa shape index (κ3) is 4.54. The van der Waals surface area contributed by atoms with Crippen LogP contribution >= 0.6 is 0 Å². The van der Waals surface area contributed by atoms with Crippen molar-refractivity contribution in [1.29, 1.82) is 0 Å². The number of fused-ring (bicyclic) bond motifs is 1. The first-order valence-corrected chi connectivity index (χ1v) is 11.1. The molecule has 170 valence electrons. The zero-order chi connectivity index (χ0) is 23.5. The zero-order valence-electron chi connectivity index (χ0n) is 19.1. The van der Waals surface area contributed by atoms with Gasteiger partial charge in [-0.05, 0) is 42.3 Å². The van der Waals surface area contributed by atoms with E-state index in [1.807, 2.05) is 96.1 Å². The summed E-state index contributed by atoms with van der Waals surface area (Å²) in [6, 6.07) is 20.6. The molecule has 0 aliphatic heterocycles. The van der Waals surface area contributed by atoms with Crippen LogP contribution in [-0.4, -0.2) is 24.8 Å². The number of carbonyl (C=O) groups is 1. The summed E-state index contributed by atoms with van der Waals surface area (Å²) >= 11 is 0. The van der Waals surface area contributed by atoms with Gasteiger partial charge in [-0.2, -0.15) is 0 Å². The molecule has 7 heteroatoms. The molecule has 3 heterocycles. The zero-order valence-corrected chi connectivity index (χ0v) is 19.1. The Labute approximate surface area is 197 Å². The minimum atomic E-state index is -0.375. The van der Waals surface area contributed by atoms with Crippen molar-refractivity contribution < 1.29 is 9.53 Å².